The standard InChI is InChI=1S/C18H24N2S2/c1-18(22-4)9-13-11-6-5-7-14-16(11)12(17(19-14)21-3)8-15(13)20(2)10-18/h5-7,13,15,19H,8-10H2,1-4H3/t13-,15-,18?/m1/s1. The summed E-state index contributed by atoms with van der Waals surface area (Å²) in [6.07, 6.45) is 6.94. The van der Waals surface area contributed by atoms with Gasteiger partial charge in [-0.15, -0.1) is 11.8 Å². The second-order valence-electron chi connectivity index (χ2n) is 7.06. The first kappa shape index (κ1) is 15.0. The molecule has 4 rings (SSSR count). The Hall–Kier alpha value is -0.580. The van der Waals surface area contributed by atoms with E-state index in [1.54, 1.807) is 11.1 Å². The number of thioether (sulfide) groups is 2. The van der Waals surface area contributed by atoms with Gasteiger partial charge in [-0.25, -0.2) is 0 Å². The van der Waals surface area contributed by atoms with E-state index in [1.165, 1.54) is 35.3 Å². The summed E-state index contributed by atoms with van der Waals surface area (Å²) in [4.78, 5) is 6.26. The zero-order valence-electron chi connectivity index (χ0n) is 13.8. The number of likely N-dealkylation sites (N-methyl/N-ethyl adjacent to an activating group) is 1. The summed E-state index contributed by atoms with van der Waals surface area (Å²) in [5.74, 6) is 0.665. The minimum Gasteiger partial charge on any atom is -0.349 e. The van der Waals surface area contributed by atoms with Crippen molar-refractivity contribution in [1.82, 2.24) is 9.88 Å². The van der Waals surface area contributed by atoms with Gasteiger partial charge < -0.3 is 9.88 Å². The summed E-state index contributed by atoms with van der Waals surface area (Å²) >= 11 is 3.89. The van der Waals surface area contributed by atoms with Crippen molar-refractivity contribution in [3.8, 4) is 0 Å². The van der Waals surface area contributed by atoms with Gasteiger partial charge in [0.2, 0.25) is 0 Å². The molecule has 2 nitrogen and oxygen atoms in total. The number of nitrogens with zero attached hydrogens (tertiary/aromatic N) is 1. The lowest BCUT2D eigenvalue weighted by Crippen LogP contribution is -2.53. The Morgan fingerprint density at radius 3 is 2.86 bits per heavy atom. The molecule has 0 saturated carbocycles. The Morgan fingerprint density at radius 1 is 1.32 bits per heavy atom. The smallest absolute Gasteiger partial charge is 0.0763 e. The van der Waals surface area contributed by atoms with E-state index < -0.39 is 0 Å². The number of H-pyrrole nitrogens is 1. The van der Waals surface area contributed by atoms with Gasteiger partial charge in [0, 0.05) is 34.2 Å². The number of hydrogen-bond acceptors (Lipinski definition) is 3. The Labute approximate surface area is 141 Å². The summed E-state index contributed by atoms with van der Waals surface area (Å²) in [6.45, 7) is 3.63. The molecule has 0 bridgehead atoms. The molecule has 1 aliphatic carbocycles. The van der Waals surface area contributed by atoms with E-state index in [1.807, 2.05) is 23.5 Å². The average Bonchev–Trinajstić information content (AvgIpc) is 2.88. The van der Waals surface area contributed by atoms with E-state index in [0.29, 0.717) is 16.7 Å². The maximum atomic E-state index is 3.64. The van der Waals surface area contributed by atoms with Crippen LogP contribution in [0.15, 0.2) is 23.2 Å². The third-order valence-corrected chi connectivity index (χ3v) is 7.73. The van der Waals surface area contributed by atoms with Crippen molar-refractivity contribution in [1.29, 1.82) is 0 Å². The third kappa shape index (κ3) is 2.07. The molecule has 3 atom stereocenters. The van der Waals surface area contributed by atoms with Crippen LogP contribution in [-0.2, 0) is 6.42 Å². The van der Waals surface area contributed by atoms with Gasteiger partial charge in [0.25, 0.3) is 0 Å². The van der Waals surface area contributed by atoms with Crippen molar-refractivity contribution >= 4 is 34.4 Å². The summed E-state index contributed by atoms with van der Waals surface area (Å²) in [5.41, 5.74) is 4.46. The predicted octanol–water partition coefficient (Wildman–Crippen LogP) is 4.36. The van der Waals surface area contributed by atoms with Gasteiger partial charge in [0.05, 0.1) is 5.03 Å². The molecule has 0 spiro atoms. The Bertz CT molecular complexity index is 723. The monoisotopic (exact) mass is 332 g/mol. The van der Waals surface area contributed by atoms with Crippen LogP contribution in [0.1, 0.15) is 30.4 Å². The normalized spacial score (nSPS) is 31.5. The lowest BCUT2D eigenvalue weighted by atomic mass is 9.72. The van der Waals surface area contributed by atoms with Crippen molar-refractivity contribution in [3.63, 3.8) is 0 Å². The second kappa shape index (κ2) is 5.22. The third-order valence-electron chi connectivity index (χ3n) is 5.70. The number of rotatable bonds is 2. The van der Waals surface area contributed by atoms with Crippen molar-refractivity contribution in [3.05, 3.63) is 29.3 Å². The molecule has 1 aliphatic heterocycles. The molecular formula is C18H24N2S2. The maximum Gasteiger partial charge on any atom is 0.0763 e. The number of nitrogens with one attached hydrogen (secondary N) is 1. The number of piperidine rings is 1. The van der Waals surface area contributed by atoms with E-state index in [9.17, 15) is 0 Å². The lowest BCUT2D eigenvalue weighted by molar-refractivity contribution is 0.133. The van der Waals surface area contributed by atoms with Crippen LogP contribution in [0.5, 0.6) is 0 Å². The predicted molar refractivity (Wildman–Crippen MR) is 99.5 cm³/mol. The zero-order valence-corrected chi connectivity index (χ0v) is 15.4. The highest BCUT2D eigenvalue weighted by molar-refractivity contribution is 8.00. The highest BCUT2D eigenvalue weighted by Gasteiger charge is 2.44. The highest BCUT2D eigenvalue weighted by Crippen LogP contribution is 2.49. The molecule has 0 radical (unpaired) electrons. The summed E-state index contributed by atoms with van der Waals surface area (Å²) in [6, 6.07) is 7.50. The van der Waals surface area contributed by atoms with Gasteiger partial charge >= 0.3 is 0 Å². The van der Waals surface area contributed by atoms with Crippen LogP contribution < -0.4 is 0 Å². The van der Waals surface area contributed by atoms with E-state index >= 15 is 0 Å². The topological polar surface area (TPSA) is 19.0 Å². The average molecular weight is 333 g/mol. The number of benzene rings is 1. The first-order valence-electron chi connectivity index (χ1n) is 7.99. The van der Waals surface area contributed by atoms with E-state index in [2.05, 4.69) is 54.6 Å². The van der Waals surface area contributed by atoms with E-state index in [0.717, 1.165) is 0 Å². The molecule has 2 aromatic rings. The highest BCUT2D eigenvalue weighted by atomic mass is 32.2. The van der Waals surface area contributed by atoms with Gasteiger partial charge in [0.15, 0.2) is 0 Å². The molecule has 0 amide bonds. The van der Waals surface area contributed by atoms with Gasteiger partial charge in [-0.1, -0.05) is 12.1 Å². The number of hydrogen-bond donors (Lipinski definition) is 1. The van der Waals surface area contributed by atoms with Crippen molar-refractivity contribution < 1.29 is 0 Å². The molecule has 1 fully saturated rings. The first-order chi connectivity index (χ1) is 10.6. The SMILES string of the molecule is CSc1[nH]c2cccc3c2c1C[C@@H]1[C@@H]3CC(C)(SC)CN1C. The quantitative estimate of drug-likeness (QED) is 0.825. The lowest BCUT2D eigenvalue weighted by Gasteiger charge is -2.49. The molecule has 1 N–H and O–H groups in total. The van der Waals surface area contributed by atoms with Crippen LogP contribution in [0.4, 0.5) is 0 Å². The number of fused-ring (bicyclic) bond motifs is 2. The number of aromatic nitrogens is 1. The fraction of sp³-hybridized carbons (Fsp3) is 0.556. The molecule has 4 heteroatoms. The molecule has 2 aliphatic rings. The molecule has 1 saturated heterocycles. The summed E-state index contributed by atoms with van der Waals surface area (Å²) in [7, 11) is 2.32. The minimum absolute atomic E-state index is 0.369. The minimum atomic E-state index is 0.369. The van der Waals surface area contributed by atoms with Crippen LogP contribution in [0.25, 0.3) is 10.9 Å². The maximum absolute atomic E-state index is 3.64. The largest absolute Gasteiger partial charge is 0.349 e. The van der Waals surface area contributed by atoms with Crippen molar-refractivity contribution in [2.24, 2.45) is 0 Å². The van der Waals surface area contributed by atoms with E-state index in [4.69, 9.17) is 0 Å². The molecule has 118 valence electrons. The first-order valence-corrected chi connectivity index (χ1v) is 10.4. The van der Waals surface area contributed by atoms with Gasteiger partial charge in [0.1, 0.15) is 0 Å². The molecule has 22 heavy (non-hydrogen) atoms. The number of likely N-dealkylation sites (tertiary alicyclic amines) is 1. The van der Waals surface area contributed by atoms with Crippen LogP contribution in [0, 0.1) is 0 Å². The van der Waals surface area contributed by atoms with Crippen LogP contribution >= 0.6 is 23.5 Å². The van der Waals surface area contributed by atoms with Crippen LogP contribution in [0.3, 0.4) is 0 Å². The summed E-state index contributed by atoms with van der Waals surface area (Å²) < 4.78 is 0.369. The van der Waals surface area contributed by atoms with Crippen LogP contribution in [-0.4, -0.2) is 46.8 Å². The number of aromatic amines is 1. The van der Waals surface area contributed by atoms with E-state index in [-0.39, 0.29) is 0 Å². The van der Waals surface area contributed by atoms with Crippen molar-refractivity contribution in [2.45, 2.75) is 41.5 Å². The molecule has 2 heterocycles. The summed E-state index contributed by atoms with van der Waals surface area (Å²) in [5, 5.41) is 2.89. The van der Waals surface area contributed by atoms with Crippen LogP contribution in [0.2, 0.25) is 0 Å². The molecular weight excluding hydrogens is 308 g/mol. The molecule has 1 aromatic carbocycles. The molecule has 1 aromatic heterocycles. The fourth-order valence-electron chi connectivity index (χ4n) is 4.59. The fourth-order valence-corrected chi connectivity index (χ4v) is 5.91. The van der Waals surface area contributed by atoms with Crippen molar-refractivity contribution in [2.75, 3.05) is 26.1 Å². The Balaban J connectivity index is 1.89. The zero-order chi connectivity index (χ0) is 15.5. The van der Waals surface area contributed by atoms with Gasteiger partial charge in [-0.2, -0.15) is 11.8 Å². The Kier molecular flexibility index (Phi) is 3.55. The molecule has 1 unspecified atom stereocenters. The van der Waals surface area contributed by atoms with Gasteiger partial charge in [-0.05, 0) is 56.5 Å². The second-order valence-corrected chi connectivity index (χ2v) is 9.27. The Morgan fingerprint density at radius 2 is 2.14 bits per heavy atom. The van der Waals surface area contributed by atoms with Gasteiger partial charge in [-0.3, -0.25) is 0 Å².